The summed E-state index contributed by atoms with van der Waals surface area (Å²) in [6.07, 6.45) is 18.5. The Bertz CT molecular complexity index is 825. The summed E-state index contributed by atoms with van der Waals surface area (Å²) < 4.78 is 5.65. The van der Waals surface area contributed by atoms with Crippen LogP contribution < -0.4 is 10.1 Å². The van der Waals surface area contributed by atoms with E-state index in [-0.39, 0.29) is 0 Å². The largest absolute Gasteiger partial charge is 0.496 e. The fourth-order valence-electron chi connectivity index (χ4n) is 5.56. The van der Waals surface area contributed by atoms with Crippen molar-refractivity contribution >= 4 is 0 Å². The summed E-state index contributed by atoms with van der Waals surface area (Å²) in [4.78, 5) is 9.46. The van der Waals surface area contributed by atoms with E-state index in [0.29, 0.717) is 0 Å². The normalized spacial score (nSPS) is 17.7. The smallest absolute Gasteiger partial charge is 0.132 e. The van der Waals surface area contributed by atoms with Crippen molar-refractivity contribution in [2.45, 2.75) is 83.5 Å². The van der Waals surface area contributed by atoms with Crippen LogP contribution in [-0.4, -0.2) is 30.2 Å². The molecule has 0 unspecified atom stereocenters. The zero-order valence-electron chi connectivity index (χ0n) is 20.0. The minimum Gasteiger partial charge on any atom is -0.496 e. The van der Waals surface area contributed by atoms with Crippen LogP contribution in [0.1, 0.15) is 86.9 Å². The quantitative estimate of drug-likeness (QED) is 0.446. The van der Waals surface area contributed by atoms with Crippen molar-refractivity contribution in [2.24, 2.45) is 11.8 Å². The van der Waals surface area contributed by atoms with Gasteiger partial charge in [-0.1, -0.05) is 50.7 Å². The van der Waals surface area contributed by atoms with Crippen LogP contribution in [0.2, 0.25) is 0 Å². The molecule has 174 valence electrons. The Hall–Kier alpha value is -1.94. The minimum absolute atomic E-state index is 0.792. The first kappa shape index (κ1) is 23.2. The Morgan fingerprint density at radius 2 is 1.75 bits per heavy atom. The Balaban J connectivity index is 1.31. The van der Waals surface area contributed by atoms with Gasteiger partial charge in [0.25, 0.3) is 0 Å². The summed E-state index contributed by atoms with van der Waals surface area (Å²) in [5, 5.41) is 3.46. The molecule has 4 nitrogen and oxygen atoms in total. The van der Waals surface area contributed by atoms with Crippen LogP contribution in [-0.2, 0) is 19.3 Å². The molecule has 2 fully saturated rings. The second-order valence-electron chi connectivity index (χ2n) is 9.92. The molecule has 2 heterocycles. The summed E-state index contributed by atoms with van der Waals surface area (Å²) in [5.41, 5.74) is 3.81. The van der Waals surface area contributed by atoms with Crippen LogP contribution in [0.3, 0.4) is 0 Å². The van der Waals surface area contributed by atoms with Gasteiger partial charge in [-0.05, 0) is 86.7 Å². The molecule has 2 aromatic rings. The SMILES string of the molecule is COc1ccc(Cc2nccc(CCC3CCNCC3)n2)cc1CCCCC1CCCC1. The van der Waals surface area contributed by atoms with Crippen molar-refractivity contribution in [3.8, 4) is 5.75 Å². The maximum atomic E-state index is 5.65. The van der Waals surface area contributed by atoms with Gasteiger partial charge in [0.15, 0.2) is 0 Å². The van der Waals surface area contributed by atoms with Crippen LogP contribution in [0.25, 0.3) is 0 Å². The van der Waals surface area contributed by atoms with E-state index in [9.17, 15) is 0 Å². The van der Waals surface area contributed by atoms with E-state index in [1.165, 1.54) is 94.1 Å². The van der Waals surface area contributed by atoms with Crippen molar-refractivity contribution in [3.05, 3.63) is 53.1 Å². The van der Waals surface area contributed by atoms with Gasteiger partial charge in [0.2, 0.25) is 0 Å². The topological polar surface area (TPSA) is 47.0 Å². The highest BCUT2D eigenvalue weighted by atomic mass is 16.5. The first-order valence-electron chi connectivity index (χ1n) is 13.0. The third-order valence-electron chi connectivity index (χ3n) is 7.52. The average molecular weight is 436 g/mol. The Labute approximate surface area is 194 Å². The van der Waals surface area contributed by atoms with Crippen molar-refractivity contribution < 1.29 is 4.74 Å². The van der Waals surface area contributed by atoms with Crippen molar-refractivity contribution in [3.63, 3.8) is 0 Å². The van der Waals surface area contributed by atoms with Gasteiger partial charge in [0, 0.05) is 18.3 Å². The molecule has 32 heavy (non-hydrogen) atoms. The predicted octanol–water partition coefficient (Wildman–Crippen LogP) is 5.91. The number of piperidine rings is 1. The standard InChI is InChI=1S/C28H41N3O/c1-32-27-13-11-24(20-25(27)9-5-4-8-22-6-2-3-7-22)21-28-30-19-16-26(31-28)12-10-23-14-17-29-18-15-23/h11,13,16,19-20,22-23,29H,2-10,12,14-15,17-18,21H2,1H3. The Morgan fingerprint density at radius 3 is 2.56 bits per heavy atom. The molecule has 1 aliphatic heterocycles. The predicted molar refractivity (Wildman–Crippen MR) is 131 cm³/mol. The molecule has 0 radical (unpaired) electrons. The fourth-order valence-corrected chi connectivity index (χ4v) is 5.56. The fraction of sp³-hybridized carbons (Fsp3) is 0.643. The lowest BCUT2D eigenvalue weighted by Crippen LogP contribution is -2.27. The molecule has 1 aliphatic carbocycles. The van der Waals surface area contributed by atoms with Crippen molar-refractivity contribution in [1.82, 2.24) is 15.3 Å². The highest BCUT2D eigenvalue weighted by Crippen LogP contribution is 2.30. The van der Waals surface area contributed by atoms with Gasteiger partial charge in [0.1, 0.15) is 11.6 Å². The van der Waals surface area contributed by atoms with Gasteiger partial charge in [0.05, 0.1) is 7.11 Å². The lowest BCUT2D eigenvalue weighted by atomic mass is 9.92. The highest BCUT2D eigenvalue weighted by Gasteiger charge is 2.15. The number of methoxy groups -OCH3 is 1. The van der Waals surface area contributed by atoms with E-state index in [2.05, 4.69) is 34.6 Å². The summed E-state index contributed by atoms with van der Waals surface area (Å²) in [6, 6.07) is 8.71. The number of hydrogen-bond acceptors (Lipinski definition) is 4. The zero-order chi connectivity index (χ0) is 22.0. The Kier molecular flexibility index (Phi) is 8.96. The number of benzene rings is 1. The van der Waals surface area contributed by atoms with Crippen LogP contribution in [0.15, 0.2) is 30.5 Å². The van der Waals surface area contributed by atoms with Gasteiger partial charge in [-0.15, -0.1) is 0 Å². The molecule has 4 heteroatoms. The molecule has 1 N–H and O–H groups in total. The third kappa shape index (κ3) is 7.03. The molecule has 4 rings (SSSR count). The monoisotopic (exact) mass is 435 g/mol. The van der Waals surface area contributed by atoms with E-state index in [0.717, 1.165) is 42.7 Å². The molecule has 0 spiro atoms. The summed E-state index contributed by atoms with van der Waals surface area (Å²) >= 11 is 0. The van der Waals surface area contributed by atoms with Crippen LogP contribution >= 0.6 is 0 Å². The molecule has 2 aliphatic rings. The summed E-state index contributed by atoms with van der Waals surface area (Å²) in [7, 11) is 1.78. The third-order valence-corrected chi connectivity index (χ3v) is 7.52. The van der Waals surface area contributed by atoms with Gasteiger partial charge < -0.3 is 10.1 Å². The van der Waals surface area contributed by atoms with E-state index in [4.69, 9.17) is 9.72 Å². The van der Waals surface area contributed by atoms with Crippen LogP contribution in [0, 0.1) is 11.8 Å². The molecule has 1 saturated carbocycles. The van der Waals surface area contributed by atoms with Crippen molar-refractivity contribution in [1.29, 1.82) is 0 Å². The minimum atomic E-state index is 0.792. The van der Waals surface area contributed by atoms with Gasteiger partial charge >= 0.3 is 0 Å². The summed E-state index contributed by atoms with van der Waals surface area (Å²) in [6.45, 7) is 2.33. The average Bonchev–Trinajstić information content (AvgIpc) is 3.35. The Morgan fingerprint density at radius 1 is 0.938 bits per heavy atom. The molecule has 0 bridgehead atoms. The number of nitrogens with one attached hydrogen (secondary N) is 1. The molecule has 1 aromatic heterocycles. The van der Waals surface area contributed by atoms with Crippen molar-refractivity contribution in [2.75, 3.05) is 20.2 Å². The molecule has 1 aromatic carbocycles. The second kappa shape index (κ2) is 12.3. The maximum absolute atomic E-state index is 5.65. The molecular weight excluding hydrogens is 394 g/mol. The van der Waals surface area contributed by atoms with Gasteiger partial charge in [-0.2, -0.15) is 0 Å². The maximum Gasteiger partial charge on any atom is 0.132 e. The number of ether oxygens (including phenoxy) is 1. The van der Waals surface area contributed by atoms with Gasteiger partial charge in [-0.3, -0.25) is 0 Å². The van der Waals surface area contributed by atoms with E-state index in [1.807, 2.05) is 6.20 Å². The number of hydrogen-bond donors (Lipinski definition) is 1. The molecule has 0 amide bonds. The second-order valence-corrected chi connectivity index (χ2v) is 9.92. The molecular formula is C28H41N3O. The van der Waals surface area contributed by atoms with Crippen LogP contribution in [0.5, 0.6) is 5.75 Å². The van der Waals surface area contributed by atoms with E-state index >= 15 is 0 Å². The number of aromatic nitrogens is 2. The molecule has 1 saturated heterocycles. The molecule has 0 atom stereocenters. The number of aryl methyl sites for hydroxylation is 2. The first-order valence-corrected chi connectivity index (χ1v) is 13.0. The van der Waals surface area contributed by atoms with Gasteiger partial charge in [-0.25, -0.2) is 9.97 Å². The lowest BCUT2D eigenvalue weighted by Gasteiger charge is -2.22. The first-order chi connectivity index (χ1) is 15.8. The van der Waals surface area contributed by atoms with Crippen LogP contribution in [0.4, 0.5) is 0 Å². The number of nitrogens with zero attached hydrogens (tertiary/aromatic N) is 2. The summed E-state index contributed by atoms with van der Waals surface area (Å²) in [5.74, 6) is 3.78. The van der Waals surface area contributed by atoms with E-state index in [1.54, 1.807) is 7.11 Å². The zero-order valence-corrected chi connectivity index (χ0v) is 20.0. The lowest BCUT2D eigenvalue weighted by molar-refractivity contribution is 0.353. The number of unbranched alkanes of at least 4 members (excludes halogenated alkanes) is 1. The van der Waals surface area contributed by atoms with E-state index < -0.39 is 0 Å². The highest BCUT2D eigenvalue weighted by molar-refractivity contribution is 5.38. The number of rotatable bonds is 11.